The minimum Gasteiger partial charge on any atom is -0.207 e. The number of nitrogens with zero attached hydrogens (tertiary/aromatic N) is 2. The highest BCUT2D eigenvalue weighted by molar-refractivity contribution is 7.93. The second kappa shape index (κ2) is 9.49. The predicted molar refractivity (Wildman–Crippen MR) is 97.0 cm³/mol. The number of sulfonamides is 1. The highest BCUT2D eigenvalue weighted by Gasteiger charge is 2.30. The van der Waals surface area contributed by atoms with Gasteiger partial charge in [-0.1, -0.05) is 36.5 Å². The third-order valence-electron chi connectivity index (χ3n) is 3.62. The number of nitriles is 1. The SMILES string of the molecule is C=CC/C=C(\C)S(=O)(=O)N(CC(C(=C)C)C(=C)CC#N)C(C)C. The van der Waals surface area contributed by atoms with Crippen molar-refractivity contribution in [2.45, 2.75) is 46.6 Å². The van der Waals surface area contributed by atoms with Crippen LogP contribution in [0.1, 0.15) is 40.5 Å². The molecule has 0 aliphatic carbocycles. The first-order chi connectivity index (χ1) is 10.6. The molecule has 0 aliphatic heterocycles. The Labute approximate surface area is 141 Å². The topological polar surface area (TPSA) is 61.2 Å². The fourth-order valence-electron chi connectivity index (χ4n) is 2.16. The van der Waals surface area contributed by atoms with Gasteiger partial charge in [0.25, 0.3) is 0 Å². The van der Waals surface area contributed by atoms with E-state index in [9.17, 15) is 8.42 Å². The summed E-state index contributed by atoms with van der Waals surface area (Å²) in [6, 6.07) is 1.86. The van der Waals surface area contributed by atoms with Crippen LogP contribution in [0.25, 0.3) is 0 Å². The lowest BCUT2D eigenvalue weighted by atomic mass is 9.92. The fourth-order valence-corrected chi connectivity index (χ4v) is 3.74. The van der Waals surface area contributed by atoms with E-state index in [0.29, 0.717) is 16.9 Å². The standard InChI is InChI=1S/C18H28N2O2S/c1-8-9-10-17(7)23(21,22)20(15(4)5)13-18(14(2)3)16(6)11-12-19/h8,10,15,18H,1-2,6,9,11,13H2,3-5,7H3/b17-10+. The summed E-state index contributed by atoms with van der Waals surface area (Å²) < 4.78 is 27.1. The Morgan fingerprint density at radius 1 is 1.30 bits per heavy atom. The van der Waals surface area contributed by atoms with E-state index in [1.54, 1.807) is 19.1 Å². The Balaban J connectivity index is 5.64. The molecule has 0 aromatic rings. The predicted octanol–water partition coefficient (Wildman–Crippen LogP) is 4.17. The van der Waals surface area contributed by atoms with Gasteiger partial charge in [0.15, 0.2) is 0 Å². The van der Waals surface area contributed by atoms with E-state index in [-0.39, 0.29) is 24.9 Å². The van der Waals surface area contributed by atoms with Gasteiger partial charge in [0, 0.05) is 18.5 Å². The Kier molecular flexibility index (Phi) is 8.81. The maximum absolute atomic E-state index is 12.8. The quantitative estimate of drug-likeness (QED) is 0.563. The molecule has 0 bridgehead atoms. The van der Waals surface area contributed by atoms with Crippen molar-refractivity contribution in [2.24, 2.45) is 5.92 Å². The molecular weight excluding hydrogens is 308 g/mol. The molecule has 0 rings (SSSR count). The molecule has 0 aliphatic rings. The van der Waals surface area contributed by atoms with Crippen molar-refractivity contribution in [3.63, 3.8) is 0 Å². The van der Waals surface area contributed by atoms with E-state index >= 15 is 0 Å². The Morgan fingerprint density at radius 3 is 2.26 bits per heavy atom. The van der Waals surface area contributed by atoms with E-state index in [1.165, 1.54) is 4.31 Å². The van der Waals surface area contributed by atoms with Crippen molar-refractivity contribution in [2.75, 3.05) is 6.54 Å². The van der Waals surface area contributed by atoms with Crippen LogP contribution in [-0.4, -0.2) is 25.3 Å². The first-order valence-corrected chi connectivity index (χ1v) is 9.03. The minimum atomic E-state index is -3.57. The van der Waals surface area contributed by atoms with E-state index in [4.69, 9.17) is 5.26 Å². The molecule has 0 N–H and O–H groups in total. The van der Waals surface area contributed by atoms with Gasteiger partial charge < -0.3 is 0 Å². The third-order valence-corrected chi connectivity index (χ3v) is 5.79. The van der Waals surface area contributed by atoms with Gasteiger partial charge in [-0.15, -0.1) is 6.58 Å². The molecule has 0 saturated heterocycles. The van der Waals surface area contributed by atoms with Crippen molar-refractivity contribution in [3.8, 4) is 6.07 Å². The maximum Gasteiger partial charge on any atom is 0.238 e. The molecule has 23 heavy (non-hydrogen) atoms. The molecule has 0 amide bonds. The monoisotopic (exact) mass is 336 g/mol. The van der Waals surface area contributed by atoms with Gasteiger partial charge in [-0.3, -0.25) is 0 Å². The molecule has 0 radical (unpaired) electrons. The summed E-state index contributed by atoms with van der Waals surface area (Å²) in [7, 11) is -3.57. The second-order valence-corrected chi connectivity index (χ2v) is 7.96. The Morgan fingerprint density at radius 2 is 1.87 bits per heavy atom. The van der Waals surface area contributed by atoms with Gasteiger partial charge in [-0.25, -0.2) is 8.42 Å². The maximum atomic E-state index is 12.8. The van der Waals surface area contributed by atoms with Crippen molar-refractivity contribution in [1.29, 1.82) is 5.26 Å². The molecule has 1 atom stereocenters. The van der Waals surface area contributed by atoms with Crippen LogP contribution in [0.5, 0.6) is 0 Å². The second-order valence-electron chi connectivity index (χ2n) is 5.90. The lowest BCUT2D eigenvalue weighted by Gasteiger charge is -2.31. The normalized spacial score (nSPS) is 13.7. The first kappa shape index (κ1) is 21.4. The summed E-state index contributed by atoms with van der Waals surface area (Å²) in [6.07, 6.45) is 4.00. The van der Waals surface area contributed by atoms with E-state index in [1.807, 2.05) is 20.8 Å². The summed E-state index contributed by atoms with van der Waals surface area (Å²) in [5, 5.41) is 8.86. The highest BCUT2D eigenvalue weighted by atomic mass is 32.2. The fraction of sp³-hybridized carbons (Fsp3) is 0.500. The summed E-state index contributed by atoms with van der Waals surface area (Å²) in [5.41, 5.74) is 1.49. The zero-order valence-electron chi connectivity index (χ0n) is 14.7. The highest BCUT2D eigenvalue weighted by Crippen LogP contribution is 2.26. The van der Waals surface area contributed by atoms with Crippen LogP contribution >= 0.6 is 0 Å². The Bertz CT molecular complexity index is 622. The van der Waals surface area contributed by atoms with Gasteiger partial charge in [0.2, 0.25) is 10.0 Å². The summed E-state index contributed by atoms with van der Waals surface area (Å²) in [4.78, 5) is 0.303. The molecule has 0 saturated carbocycles. The van der Waals surface area contributed by atoms with Crippen LogP contribution in [-0.2, 0) is 10.0 Å². The molecule has 4 nitrogen and oxygen atoms in total. The van der Waals surface area contributed by atoms with Gasteiger partial charge in [-0.2, -0.15) is 9.57 Å². The van der Waals surface area contributed by atoms with Gasteiger partial charge in [-0.05, 0) is 34.1 Å². The molecule has 0 fully saturated rings. The number of rotatable bonds is 10. The first-order valence-electron chi connectivity index (χ1n) is 7.59. The molecular formula is C18H28N2O2S. The lowest BCUT2D eigenvalue weighted by molar-refractivity contribution is 0.333. The van der Waals surface area contributed by atoms with E-state index in [0.717, 1.165) is 5.57 Å². The molecule has 0 aromatic heterocycles. The average Bonchev–Trinajstić information content (AvgIpc) is 2.44. The third kappa shape index (κ3) is 6.17. The van der Waals surface area contributed by atoms with Crippen LogP contribution < -0.4 is 0 Å². The van der Waals surface area contributed by atoms with Gasteiger partial charge in [0.1, 0.15) is 0 Å². The van der Waals surface area contributed by atoms with Crippen LogP contribution in [0.4, 0.5) is 0 Å². The van der Waals surface area contributed by atoms with Crippen molar-refractivity contribution < 1.29 is 8.42 Å². The van der Waals surface area contributed by atoms with Gasteiger partial charge in [0.05, 0.1) is 17.4 Å². The number of hydrogen-bond acceptors (Lipinski definition) is 3. The molecule has 0 heterocycles. The molecule has 1 unspecified atom stereocenters. The van der Waals surface area contributed by atoms with Crippen molar-refractivity contribution in [3.05, 3.63) is 47.9 Å². The van der Waals surface area contributed by atoms with Crippen LogP contribution in [0.2, 0.25) is 0 Å². The van der Waals surface area contributed by atoms with E-state index in [2.05, 4.69) is 25.8 Å². The van der Waals surface area contributed by atoms with Crippen LogP contribution in [0, 0.1) is 17.2 Å². The Hall–Kier alpha value is -1.64. The summed E-state index contributed by atoms with van der Waals surface area (Å²) >= 11 is 0. The van der Waals surface area contributed by atoms with Crippen molar-refractivity contribution >= 4 is 10.0 Å². The summed E-state index contributed by atoms with van der Waals surface area (Å²) in [5.74, 6) is -0.237. The summed E-state index contributed by atoms with van der Waals surface area (Å²) in [6.45, 7) is 18.8. The smallest absolute Gasteiger partial charge is 0.207 e. The number of allylic oxidation sites excluding steroid dienone is 3. The van der Waals surface area contributed by atoms with Crippen LogP contribution in [0.3, 0.4) is 0 Å². The molecule has 128 valence electrons. The lowest BCUT2D eigenvalue weighted by Crippen LogP contribution is -2.41. The minimum absolute atomic E-state index is 0.189. The zero-order valence-corrected chi connectivity index (χ0v) is 15.5. The largest absolute Gasteiger partial charge is 0.238 e. The van der Waals surface area contributed by atoms with E-state index < -0.39 is 10.0 Å². The number of hydrogen-bond donors (Lipinski definition) is 0. The van der Waals surface area contributed by atoms with Crippen LogP contribution in [0.15, 0.2) is 47.9 Å². The van der Waals surface area contributed by atoms with Crippen molar-refractivity contribution in [1.82, 2.24) is 4.31 Å². The average molecular weight is 337 g/mol. The zero-order chi connectivity index (χ0) is 18.2. The molecule has 0 aromatic carbocycles. The van der Waals surface area contributed by atoms with Gasteiger partial charge >= 0.3 is 0 Å². The molecule has 5 heteroatoms. The molecule has 0 spiro atoms.